The Hall–Kier alpha value is -1.85. The summed E-state index contributed by atoms with van der Waals surface area (Å²) in [6.45, 7) is 0. The Balaban J connectivity index is 2.43. The zero-order chi connectivity index (χ0) is 12.1. The smallest absolute Gasteiger partial charge is 0.0749 e. The Labute approximate surface area is 102 Å². The van der Waals surface area contributed by atoms with E-state index < -0.39 is 0 Å². The summed E-state index contributed by atoms with van der Waals surface area (Å²) in [5.41, 5.74) is 2.28. The molecule has 0 bridgehead atoms. The Morgan fingerprint density at radius 3 is 2.94 bits per heavy atom. The zero-order valence-corrected chi connectivity index (χ0v) is 9.98. The molecule has 1 unspecified atom stereocenters. The average Bonchev–Trinajstić information content (AvgIpc) is 2.40. The van der Waals surface area contributed by atoms with E-state index in [0.717, 1.165) is 18.4 Å². The molecule has 86 valence electrons. The molecule has 0 amide bonds. The van der Waals surface area contributed by atoms with E-state index in [0.29, 0.717) is 0 Å². The fourth-order valence-electron chi connectivity index (χ4n) is 2.09. The number of rotatable bonds is 4. The van der Waals surface area contributed by atoms with Crippen molar-refractivity contribution in [2.75, 3.05) is 7.05 Å². The van der Waals surface area contributed by atoms with Gasteiger partial charge < -0.3 is 5.32 Å². The van der Waals surface area contributed by atoms with E-state index in [4.69, 9.17) is 6.42 Å². The number of hydrogen-bond donors (Lipinski definition) is 1. The van der Waals surface area contributed by atoms with Gasteiger partial charge in [0.2, 0.25) is 0 Å². The van der Waals surface area contributed by atoms with Gasteiger partial charge in [-0.3, -0.25) is 4.98 Å². The van der Waals surface area contributed by atoms with Crippen molar-refractivity contribution >= 4 is 10.9 Å². The largest absolute Gasteiger partial charge is 0.313 e. The van der Waals surface area contributed by atoms with Gasteiger partial charge in [-0.25, -0.2) is 0 Å². The monoisotopic (exact) mass is 224 g/mol. The normalized spacial score (nSPS) is 12.2. The molecule has 1 N–H and O–H groups in total. The van der Waals surface area contributed by atoms with Gasteiger partial charge in [-0.1, -0.05) is 24.3 Å². The summed E-state index contributed by atoms with van der Waals surface area (Å²) in [5, 5.41) is 4.48. The summed E-state index contributed by atoms with van der Waals surface area (Å²) < 4.78 is 0. The lowest BCUT2D eigenvalue weighted by atomic mass is 9.99. The van der Waals surface area contributed by atoms with Crippen molar-refractivity contribution in [3.8, 4) is 12.3 Å². The molecule has 17 heavy (non-hydrogen) atoms. The minimum Gasteiger partial charge on any atom is -0.313 e. The van der Waals surface area contributed by atoms with Gasteiger partial charge in [0.05, 0.1) is 5.52 Å². The van der Waals surface area contributed by atoms with Crippen LogP contribution in [0.25, 0.3) is 10.9 Å². The number of pyridine rings is 1. The molecular weight excluding hydrogens is 208 g/mol. The van der Waals surface area contributed by atoms with Crippen LogP contribution in [0.3, 0.4) is 0 Å². The molecule has 2 heteroatoms. The van der Waals surface area contributed by atoms with Gasteiger partial charge in [0, 0.05) is 24.0 Å². The maximum absolute atomic E-state index is 5.33. The molecule has 0 saturated heterocycles. The van der Waals surface area contributed by atoms with Crippen LogP contribution in [0.2, 0.25) is 0 Å². The van der Waals surface area contributed by atoms with Gasteiger partial charge in [0.1, 0.15) is 0 Å². The second kappa shape index (κ2) is 5.47. The van der Waals surface area contributed by atoms with Gasteiger partial charge in [-0.15, -0.1) is 12.3 Å². The number of aromatic nitrogens is 1. The van der Waals surface area contributed by atoms with E-state index in [9.17, 15) is 0 Å². The number of fused-ring (bicyclic) bond motifs is 1. The number of nitrogens with zero attached hydrogens (tertiary/aromatic N) is 1. The fourth-order valence-corrected chi connectivity index (χ4v) is 2.09. The van der Waals surface area contributed by atoms with Crippen LogP contribution < -0.4 is 5.32 Å². The highest BCUT2D eigenvalue weighted by Gasteiger charge is 2.12. The number of para-hydroxylation sites is 1. The minimum absolute atomic E-state index is 0.268. The second-order valence-corrected chi connectivity index (χ2v) is 4.01. The highest BCUT2D eigenvalue weighted by molar-refractivity contribution is 5.81. The van der Waals surface area contributed by atoms with Crippen molar-refractivity contribution < 1.29 is 0 Å². The molecule has 0 saturated carbocycles. The molecule has 2 rings (SSSR count). The van der Waals surface area contributed by atoms with Crippen LogP contribution in [0.5, 0.6) is 0 Å². The van der Waals surface area contributed by atoms with E-state index in [1.807, 2.05) is 19.3 Å². The first kappa shape index (κ1) is 11.6. The number of nitrogens with one attached hydrogen (secondary N) is 1. The third kappa shape index (κ3) is 2.46. The van der Waals surface area contributed by atoms with Gasteiger partial charge in [0.15, 0.2) is 0 Å². The lowest BCUT2D eigenvalue weighted by Crippen LogP contribution is -2.16. The minimum atomic E-state index is 0.268. The molecule has 1 heterocycles. The van der Waals surface area contributed by atoms with Crippen LogP contribution in [0.15, 0.2) is 36.5 Å². The Bertz CT molecular complexity index is 535. The van der Waals surface area contributed by atoms with Crippen LogP contribution in [0, 0.1) is 12.3 Å². The molecule has 0 radical (unpaired) electrons. The molecule has 1 aromatic carbocycles. The average molecular weight is 224 g/mol. The van der Waals surface area contributed by atoms with Crippen molar-refractivity contribution in [3.05, 3.63) is 42.1 Å². The molecule has 0 aliphatic heterocycles. The van der Waals surface area contributed by atoms with Crippen molar-refractivity contribution in [2.45, 2.75) is 18.9 Å². The first-order valence-corrected chi connectivity index (χ1v) is 5.81. The highest BCUT2D eigenvalue weighted by Crippen LogP contribution is 2.25. The molecule has 1 aromatic heterocycles. The third-order valence-corrected chi connectivity index (χ3v) is 2.97. The molecule has 2 nitrogen and oxygen atoms in total. The number of terminal acetylenes is 1. The maximum Gasteiger partial charge on any atom is 0.0749 e. The Kier molecular flexibility index (Phi) is 3.74. The quantitative estimate of drug-likeness (QED) is 0.808. The second-order valence-electron chi connectivity index (χ2n) is 4.01. The first-order valence-electron chi connectivity index (χ1n) is 5.81. The zero-order valence-electron chi connectivity index (χ0n) is 9.98. The van der Waals surface area contributed by atoms with Crippen molar-refractivity contribution in [3.63, 3.8) is 0 Å². The van der Waals surface area contributed by atoms with Gasteiger partial charge >= 0.3 is 0 Å². The topological polar surface area (TPSA) is 24.9 Å². The molecule has 0 fully saturated rings. The third-order valence-electron chi connectivity index (χ3n) is 2.97. The van der Waals surface area contributed by atoms with Gasteiger partial charge in [-0.2, -0.15) is 0 Å². The summed E-state index contributed by atoms with van der Waals surface area (Å²) in [7, 11) is 1.96. The lowest BCUT2D eigenvalue weighted by Gasteiger charge is -2.16. The first-order chi connectivity index (χ1) is 8.36. The van der Waals surface area contributed by atoms with Crippen molar-refractivity contribution in [1.82, 2.24) is 10.3 Å². The Morgan fingerprint density at radius 1 is 1.35 bits per heavy atom. The van der Waals surface area contributed by atoms with E-state index in [1.165, 1.54) is 10.9 Å². The summed E-state index contributed by atoms with van der Waals surface area (Å²) in [6, 6.07) is 10.6. The van der Waals surface area contributed by atoms with Crippen LogP contribution >= 0.6 is 0 Å². The molecule has 0 aliphatic carbocycles. The molecular formula is C15H16N2. The van der Waals surface area contributed by atoms with Crippen LogP contribution in [-0.4, -0.2) is 12.0 Å². The fraction of sp³-hybridized carbons (Fsp3) is 0.267. The highest BCUT2D eigenvalue weighted by atomic mass is 14.9. The van der Waals surface area contributed by atoms with E-state index >= 15 is 0 Å². The van der Waals surface area contributed by atoms with E-state index in [1.54, 1.807) is 0 Å². The summed E-state index contributed by atoms with van der Waals surface area (Å²) >= 11 is 0. The van der Waals surface area contributed by atoms with Gasteiger partial charge in [-0.05, 0) is 25.1 Å². The van der Waals surface area contributed by atoms with Gasteiger partial charge in [0.25, 0.3) is 0 Å². The standard InChI is InChI=1S/C15H16N2/c1-3-4-10-14(16-2)13-9-5-7-12-8-6-11-17-15(12)13/h1,5-9,11,14,16H,4,10H2,2H3. The summed E-state index contributed by atoms with van der Waals surface area (Å²) in [6.07, 6.45) is 8.87. The maximum atomic E-state index is 5.33. The molecule has 0 aliphatic rings. The van der Waals surface area contributed by atoms with Crippen molar-refractivity contribution in [2.24, 2.45) is 0 Å². The molecule has 1 atom stereocenters. The number of benzene rings is 1. The lowest BCUT2D eigenvalue weighted by molar-refractivity contribution is 0.561. The summed E-state index contributed by atoms with van der Waals surface area (Å²) in [5.74, 6) is 2.69. The van der Waals surface area contributed by atoms with E-state index in [2.05, 4.69) is 40.5 Å². The molecule has 0 spiro atoms. The number of hydrogen-bond acceptors (Lipinski definition) is 2. The van der Waals surface area contributed by atoms with Crippen molar-refractivity contribution in [1.29, 1.82) is 0 Å². The molecule has 2 aromatic rings. The SMILES string of the molecule is C#CCCC(NC)c1cccc2cccnc12. The van der Waals surface area contributed by atoms with Crippen LogP contribution in [0.1, 0.15) is 24.4 Å². The Morgan fingerprint density at radius 2 is 2.18 bits per heavy atom. The van der Waals surface area contributed by atoms with Crippen LogP contribution in [0.4, 0.5) is 0 Å². The summed E-state index contributed by atoms with van der Waals surface area (Å²) in [4.78, 5) is 4.47. The predicted octanol–water partition coefficient (Wildman–Crippen LogP) is 2.91. The predicted molar refractivity (Wildman–Crippen MR) is 71.6 cm³/mol. The van der Waals surface area contributed by atoms with Crippen LogP contribution in [-0.2, 0) is 0 Å². The van der Waals surface area contributed by atoms with E-state index in [-0.39, 0.29) is 6.04 Å².